The van der Waals surface area contributed by atoms with Crippen molar-refractivity contribution in [1.82, 2.24) is 10.6 Å². The van der Waals surface area contributed by atoms with Crippen molar-refractivity contribution in [3.05, 3.63) is 21.3 Å². The lowest BCUT2D eigenvalue weighted by Crippen LogP contribution is -2.45. The lowest BCUT2D eigenvalue weighted by molar-refractivity contribution is -0.133. The molecule has 24 heavy (non-hydrogen) atoms. The predicted octanol–water partition coefficient (Wildman–Crippen LogP) is 2.46. The lowest BCUT2D eigenvalue weighted by atomic mass is 9.95. The van der Waals surface area contributed by atoms with Crippen molar-refractivity contribution in [2.24, 2.45) is 5.16 Å². The van der Waals surface area contributed by atoms with E-state index in [-0.39, 0.29) is 24.4 Å². The van der Waals surface area contributed by atoms with Crippen molar-refractivity contribution in [2.75, 3.05) is 6.54 Å². The van der Waals surface area contributed by atoms with Crippen LogP contribution < -0.4 is 10.6 Å². The maximum Gasteiger partial charge on any atom is 0.264 e. The van der Waals surface area contributed by atoms with Gasteiger partial charge in [0, 0.05) is 12.5 Å². The second kappa shape index (κ2) is 7.98. The molecule has 1 aliphatic heterocycles. The maximum atomic E-state index is 12.1. The molecule has 1 aromatic heterocycles. The van der Waals surface area contributed by atoms with E-state index in [4.69, 9.17) is 16.4 Å². The normalized spacial score (nSPS) is 21.0. The molecule has 1 saturated carbocycles. The molecule has 0 radical (unpaired) electrons. The van der Waals surface area contributed by atoms with Gasteiger partial charge in [0.1, 0.15) is 5.71 Å². The SMILES string of the molecule is O=C(CNC(=O)C1CC(c2ccc(Cl)s2)=NO1)NC1CCCCC1. The van der Waals surface area contributed by atoms with E-state index in [0.717, 1.165) is 30.6 Å². The van der Waals surface area contributed by atoms with Gasteiger partial charge in [-0.15, -0.1) is 11.3 Å². The molecule has 8 heteroatoms. The van der Waals surface area contributed by atoms with Gasteiger partial charge in [-0.25, -0.2) is 0 Å². The number of hydrogen-bond donors (Lipinski definition) is 2. The second-order valence-electron chi connectivity index (χ2n) is 6.06. The summed E-state index contributed by atoms with van der Waals surface area (Å²) in [6, 6.07) is 3.88. The molecule has 0 bridgehead atoms. The van der Waals surface area contributed by atoms with Gasteiger partial charge < -0.3 is 15.5 Å². The first-order valence-corrected chi connectivity index (χ1v) is 9.37. The van der Waals surface area contributed by atoms with Crippen molar-refractivity contribution in [2.45, 2.75) is 50.7 Å². The molecule has 3 rings (SSSR count). The van der Waals surface area contributed by atoms with Gasteiger partial charge >= 0.3 is 0 Å². The number of amides is 2. The Labute approximate surface area is 149 Å². The minimum Gasteiger partial charge on any atom is -0.382 e. The number of nitrogens with zero attached hydrogens (tertiary/aromatic N) is 1. The summed E-state index contributed by atoms with van der Waals surface area (Å²) in [6.45, 7) is -0.0324. The summed E-state index contributed by atoms with van der Waals surface area (Å²) in [5.41, 5.74) is 0.707. The van der Waals surface area contributed by atoms with E-state index in [0.29, 0.717) is 16.5 Å². The first-order valence-electron chi connectivity index (χ1n) is 8.17. The van der Waals surface area contributed by atoms with Gasteiger partial charge in [-0.05, 0) is 25.0 Å². The molecule has 1 fully saturated rings. The number of hydrogen-bond acceptors (Lipinski definition) is 5. The fraction of sp³-hybridized carbons (Fsp3) is 0.562. The summed E-state index contributed by atoms with van der Waals surface area (Å²) in [7, 11) is 0. The number of oxime groups is 1. The zero-order valence-electron chi connectivity index (χ0n) is 13.2. The zero-order valence-corrected chi connectivity index (χ0v) is 14.8. The molecule has 0 spiro atoms. The van der Waals surface area contributed by atoms with Crippen LogP contribution >= 0.6 is 22.9 Å². The van der Waals surface area contributed by atoms with Crippen LogP contribution in [0.4, 0.5) is 0 Å². The highest BCUT2D eigenvalue weighted by Crippen LogP contribution is 2.26. The average Bonchev–Trinajstić information content (AvgIpc) is 3.22. The van der Waals surface area contributed by atoms with E-state index < -0.39 is 6.10 Å². The minimum atomic E-state index is -0.691. The molecule has 6 nitrogen and oxygen atoms in total. The molecule has 1 unspecified atom stereocenters. The van der Waals surface area contributed by atoms with Gasteiger partial charge in [0.25, 0.3) is 5.91 Å². The highest BCUT2D eigenvalue weighted by atomic mass is 35.5. The van der Waals surface area contributed by atoms with Crippen molar-refractivity contribution < 1.29 is 14.4 Å². The minimum absolute atomic E-state index is 0.0324. The number of nitrogens with one attached hydrogen (secondary N) is 2. The Morgan fingerprint density at radius 2 is 2.08 bits per heavy atom. The van der Waals surface area contributed by atoms with Gasteiger partial charge in [-0.1, -0.05) is 36.0 Å². The van der Waals surface area contributed by atoms with Gasteiger partial charge in [0.2, 0.25) is 12.0 Å². The standard InChI is InChI=1S/C16H20ClN3O3S/c17-14-7-6-13(24-14)11-8-12(23-20-11)16(22)18-9-15(21)19-10-4-2-1-3-5-10/h6-7,10,12H,1-5,8-9H2,(H,18,22)(H,19,21). The molecule has 1 aromatic rings. The molecular formula is C16H20ClN3O3S. The summed E-state index contributed by atoms with van der Waals surface area (Å²) in [5, 5.41) is 9.53. The van der Waals surface area contributed by atoms with Gasteiger partial charge in [-0.3, -0.25) is 9.59 Å². The van der Waals surface area contributed by atoms with E-state index in [1.165, 1.54) is 17.8 Å². The van der Waals surface area contributed by atoms with Gasteiger partial charge in [0.05, 0.1) is 15.8 Å². The molecule has 1 atom stereocenters. The van der Waals surface area contributed by atoms with Crippen LogP contribution in [0.5, 0.6) is 0 Å². The van der Waals surface area contributed by atoms with Crippen LogP contribution in [-0.4, -0.2) is 36.2 Å². The Kier molecular flexibility index (Phi) is 5.73. The monoisotopic (exact) mass is 369 g/mol. The van der Waals surface area contributed by atoms with Crippen LogP contribution in [0.15, 0.2) is 17.3 Å². The summed E-state index contributed by atoms with van der Waals surface area (Å²) in [5.74, 6) is -0.477. The van der Waals surface area contributed by atoms with Crippen LogP contribution in [0.25, 0.3) is 0 Å². The molecule has 2 heterocycles. The van der Waals surface area contributed by atoms with E-state index in [1.54, 1.807) is 6.07 Å². The van der Waals surface area contributed by atoms with E-state index in [9.17, 15) is 9.59 Å². The molecule has 2 N–H and O–H groups in total. The fourth-order valence-electron chi connectivity index (χ4n) is 2.94. The molecule has 0 aromatic carbocycles. The Morgan fingerprint density at radius 3 is 2.79 bits per heavy atom. The van der Waals surface area contributed by atoms with Crippen molar-refractivity contribution in [1.29, 1.82) is 0 Å². The molecule has 2 aliphatic rings. The zero-order chi connectivity index (χ0) is 16.9. The summed E-state index contributed by atoms with van der Waals surface area (Å²) < 4.78 is 0.667. The Bertz CT molecular complexity index is 640. The van der Waals surface area contributed by atoms with Crippen molar-refractivity contribution in [3.8, 4) is 0 Å². The van der Waals surface area contributed by atoms with Crippen molar-refractivity contribution >= 4 is 40.5 Å². The quantitative estimate of drug-likeness (QED) is 0.836. The molecule has 130 valence electrons. The molecular weight excluding hydrogens is 350 g/mol. The first-order chi connectivity index (χ1) is 11.6. The second-order valence-corrected chi connectivity index (χ2v) is 7.78. The highest BCUT2D eigenvalue weighted by Gasteiger charge is 2.29. The summed E-state index contributed by atoms with van der Waals surface area (Å²) >= 11 is 7.30. The van der Waals surface area contributed by atoms with Crippen LogP contribution in [-0.2, 0) is 14.4 Å². The number of rotatable bonds is 5. The summed E-state index contributed by atoms with van der Waals surface area (Å²) in [4.78, 5) is 30.1. The number of carbonyl (C=O) groups is 2. The van der Waals surface area contributed by atoms with Crippen LogP contribution in [0.3, 0.4) is 0 Å². The topological polar surface area (TPSA) is 79.8 Å². The Morgan fingerprint density at radius 1 is 1.29 bits per heavy atom. The molecule has 2 amide bonds. The first kappa shape index (κ1) is 17.2. The van der Waals surface area contributed by atoms with Crippen LogP contribution in [0.1, 0.15) is 43.4 Å². The van der Waals surface area contributed by atoms with Crippen LogP contribution in [0, 0.1) is 0 Å². The molecule has 1 aliphatic carbocycles. The third-order valence-electron chi connectivity index (χ3n) is 4.21. The number of carbonyl (C=O) groups excluding carboxylic acids is 2. The van der Waals surface area contributed by atoms with Crippen LogP contribution in [0.2, 0.25) is 4.34 Å². The highest BCUT2D eigenvalue weighted by molar-refractivity contribution is 7.18. The Hall–Kier alpha value is -1.60. The third kappa shape index (κ3) is 4.48. The van der Waals surface area contributed by atoms with Crippen molar-refractivity contribution in [3.63, 3.8) is 0 Å². The summed E-state index contributed by atoms with van der Waals surface area (Å²) in [6.07, 6.45) is 5.27. The van der Waals surface area contributed by atoms with Gasteiger partial charge in [-0.2, -0.15) is 0 Å². The predicted molar refractivity (Wildman–Crippen MR) is 93.4 cm³/mol. The number of thiophene rings is 1. The fourth-order valence-corrected chi connectivity index (χ4v) is 3.97. The third-order valence-corrected chi connectivity index (χ3v) is 5.49. The van der Waals surface area contributed by atoms with E-state index >= 15 is 0 Å². The smallest absolute Gasteiger partial charge is 0.264 e. The Balaban J connectivity index is 1.40. The largest absolute Gasteiger partial charge is 0.382 e. The number of halogens is 1. The maximum absolute atomic E-state index is 12.1. The van der Waals surface area contributed by atoms with E-state index in [1.807, 2.05) is 6.07 Å². The lowest BCUT2D eigenvalue weighted by Gasteiger charge is -2.22. The van der Waals surface area contributed by atoms with E-state index in [2.05, 4.69) is 15.8 Å². The van der Waals surface area contributed by atoms with Gasteiger partial charge in [0.15, 0.2) is 0 Å². The average molecular weight is 370 g/mol. The molecule has 0 saturated heterocycles.